The molecule has 1 saturated carbocycles. The van der Waals surface area contributed by atoms with Crippen LogP contribution in [0.5, 0.6) is 0 Å². The monoisotopic (exact) mass is 243 g/mol. The van der Waals surface area contributed by atoms with Crippen molar-refractivity contribution in [3.05, 3.63) is 34.1 Å². The Hall–Kier alpha value is -0.410. The van der Waals surface area contributed by atoms with E-state index in [1.165, 1.54) is 12.1 Å². The molecular formula is C10H11BrFN. The van der Waals surface area contributed by atoms with Crippen LogP contribution in [0.1, 0.15) is 24.8 Å². The van der Waals surface area contributed by atoms with Crippen LogP contribution in [0.15, 0.2) is 22.7 Å². The molecule has 0 bridgehead atoms. The summed E-state index contributed by atoms with van der Waals surface area (Å²) in [5.74, 6) is -0.213. The van der Waals surface area contributed by atoms with E-state index < -0.39 is 0 Å². The largest absolute Gasteiger partial charge is 0.321 e. The maximum atomic E-state index is 13.0. The van der Waals surface area contributed by atoms with E-state index >= 15 is 0 Å². The number of benzene rings is 1. The molecule has 1 fully saturated rings. The molecule has 1 aliphatic carbocycles. The van der Waals surface area contributed by atoms with Crippen LogP contribution < -0.4 is 5.73 Å². The first-order valence-electron chi connectivity index (χ1n) is 4.36. The number of hydrogen-bond acceptors (Lipinski definition) is 1. The fourth-order valence-electron chi connectivity index (χ4n) is 1.71. The van der Waals surface area contributed by atoms with Crippen LogP contribution in [-0.4, -0.2) is 0 Å². The van der Waals surface area contributed by atoms with Crippen LogP contribution >= 0.6 is 15.9 Å². The molecule has 1 aromatic rings. The normalized spacial score (nSPS) is 19.6. The average molecular weight is 244 g/mol. The second-order valence-electron chi connectivity index (χ2n) is 3.63. The van der Waals surface area contributed by atoms with Crippen molar-refractivity contribution in [3.8, 4) is 0 Å². The minimum absolute atomic E-state index is 0.213. The average Bonchev–Trinajstić information content (AvgIpc) is 2.05. The van der Waals surface area contributed by atoms with Crippen molar-refractivity contribution in [2.75, 3.05) is 0 Å². The zero-order chi connectivity index (χ0) is 9.47. The Balaban J connectivity index is 2.43. The van der Waals surface area contributed by atoms with Crippen LogP contribution in [0.25, 0.3) is 0 Å². The summed E-state index contributed by atoms with van der Waals surface area (Å²) in [5, 5.41) is 0. The molecule has 2 rings (SSSR count). The Morgan fingerprint density at radius 1 is 1.38 bits per heavy atom. The molecule has 3 heteroatoms. The fraction of sp³-hybridized carbons (Fsp3) is 0.400. The van der Waals surface area contributed by atoms with Gasteiger partial charge in [0.1, 0.15) is 5.82 Å². The summed E-state index contributed by atoms with van der Waals surface area (Å²) in [6.45, 7) is 0. The smallest absolute Gasteiger partial charge is 0.123 e. The Kier molecular flexibility index (Phi) is 2.16. The van der Waals surface area contributed by atoms with Gasteiger partial charge in [-0.1, -0.05) is 15.9 Å². The van der Waals surface area contributed by atoms with Gasteiger partial charge in [-0.05, 0) is 43.0 Å². The van der Waals surface area contributed by atoms with Gasteiger partial charge in [0.15, 0.2) is 0 Å². The Morgan fingerprint density at radius 2 is 2.08 bits per heavy atom. The Bertz CT molecular complexity index is 334. The quantitative estimate of drug-likeness (QED) is 0.807. The third-order valence-electron chi connectivity index (χ3n) is 2.71. The van der Waals surface area contributed by atoms with E-state index in [4.69, 9.17) is 5.73 Å². The minimum atomic E-state index is -0.291. The predicted octanol–water partition coefficient (Wildman–Crippen LogP) is 2.93. The molecule has 0 amide bonds. The van der Waals surface area contributed by atoms with Gasteiger partial charge in [0.2, 0.25) is 0 Å². The first-order chi connectivity index (χ1) is 6.12. The van der Waals surface area contributed by atoms with Crippen molar-refractivity contribution in [1.29, 1.82) is 0 Å². The number of hydrogen-bond donors (Lipinski definition) is 1. The molecule has 0 aliphatic heterocycles. The van der Waals surface area contributed by atoms with Gasteiger partial charge >= 0.3 is 0 Å². The minimum Gasteiger partial charge on any atom is -0.321 e. The Morgan fingerprint density at radius 3 is 2.62 bits per heavy atom. The van der Waals surface area contributed by atoms with Crippen LogP contribution in [0.2, 0.25) is 0 Å². The molecule has 0 spiro atoms. The molecule has 0 atom stereocenters. The molecular weight excluding hydrogens is 233 g/mol. The highest BCUT2D eigenvalue weighted by atomic mass is 79.9. The second kappa shape index (κ2) is 3.07. The van der Waals surface area contributed by atoms with Crippen LogP contribution in [0.3, 0.4) is 0 Å². The number of rotatable bonds is 1. The summed E-state index contributed by atoms with van der Waals surface area (Å²) in [5.41, 5.74) is 6.71. The van der Waals surface area contributed by atoms with Gasteiger partial charge in [0, 0.05) is 10.0 Å². The first-order valence-corrected chi connectivity index (χ1v) is 5.15. The highest BCUT2D eigenvalue weighted by molar-refractivity contribution is 9.10. The van der Waals surface area contributed by atoms with Crippen molar-refractivity contribution in [2.24, 2.45) is 5.73 Å². The molecule has 0 unspecified atom stereocenters. The lowest BCUT2D eigenvalue weighted by Crippen LogP contribution is -2.43. The summed E-state index contributed by atoms with van der Waals surface area (Å²) < 4.78 is 13.9. The first kappa shape index (κ1) is 9.16. The SMILES string of the molecule is NC1(c2cc(F)ccc2Br)CCC1. The third kappa shape index (κ3) is 1.51. The third-order valence-corrected chi connectivity index (χ3v) is 3.40. The lowest BCUT2D eigenvalue weighted by Gasteiger charge is -2.39. The van der Waals surface area contributed by atoms with Gasteiger partial charge in [-0.3, -0.25) is 0 Å². The summed E-state index contributed by atoms with van der Waals surface area (Å²) >= 11 is 3.39. The van der Waals surface area contributed by atoms with Gasteiger partial charge in [-0.2, -0.15) is 0 Å². The molecule has 1 nitrogen and oxygen atoms in total. The lowest BCUT2D eigenvalue weighted by atomic mass is 9.73. The topological polar surface area (TPSA) is 26.0 Å². The van der Waals surface area contributed by atoms with Crippen LogP contribution in [-0.2, 0) is 5.54 Å². The summed E-state index contributed by atoms with van der Waals surface area (Å²) in [6.07, 6.45) is 3.05. The van der Waals surface area contributed by atoms with Gasteiger partial charge in [-0.25, -0.2) is 4.39 Å². The second-order valence-corrected chi connectivity index (χ2v) is 4.49. The van der Waals surface area contributed by atoms with E-state index in [1.807, 2.05) is 0 Å². The standard InChI is InChI=1S/C10H11BrFN/c11-9-3-2-7(12)6-8(9)10(13)4-1-5-10/h2-3,6H,1,4-5,13H2. The van der Waals surface area contributed by atoms with Gasteiger partial charge in [0.05, 0.1) is 0 Å². The molecule has 1 aromatic carbocycles. The van der Waals surface area contributed by atoms with Crippen molar-refractivity contribution in [2.45, 2.75) is 24.8 Å². The molecule has 70 valence electrons. The summed E-state index contributed by atoms with van der Waals surface area (Å²) in [4.78, 5) is 0. The number of nitrogens with two attached hydrogens (primary N) is 1. The molecule has 0 heterocycles. The molecule has 0 radical (unpaired) electrons. The van der Waals surface area contributed by atoms with Crippen LogP contribution in [0.4, 0.5) is 4.39 Å². The van der Waals surface area contributed by atoms with Crippen molar-refractivity contribution < 1.29 is 4.39 Å². The maximum absolute atomic E-state index is 13.0. The lowest BCUT2D eigenvalue weighted by molar-refractivity contribution is 0.251. The molecule has 13 heavy (non-hydrogen) atoms. The summed E-state index contributed by atoms with van der Waals surface area (Å²) in [7, 11) is 0. The maximum Gasteiger partial charge on any atom is 0.123 e. The van der Waals surface area contributed by atoms with E-state index in [-0.39, 0.29) is 11.4 Å². The van der Waals surface area contributed by atoms with Crippen molar-refractivity contribution in [3.63, 3.8) is 0 Å². The highest BCUT2D eigenvalue weighted by Gasteiger charge is 2.35. The zero-order valence-corrected chi connectivity index (χ0v) is 8.77. The Labute approximate surface area is 85.3 Å². The highest BCUT2D eigenvalue weighted by Crippen LogP contribution is 2.41. The molecule has 0 saturated heterocycles. The van der Waals surface area contributed by atoms with Crippen LogP contribution in [0, 0.1) is 5.82 Å². The summed E-state index contributed by atoms with van der Waals surface area (Å²) in [6, 6.07) is 4.69. The van der Waals surface area contributed by atoms with Gasteiger partial charge in [0.25, 0.3) is 0 Å². The van der Waals surface area contributed by atoms with E-state index in [0.717, 1.165) is 29.3 Å². The van der Waals surface area contributed by atoms with E-state index in [1.54, 1.807) is 6.07 Å². The van der Waals surface area contributed by atoms with E-state index in [0.29, 0.717) is 0 Å². The van der Waals surface area contributed by atoms with E-state index in [2.05, 4.69) is 15.9 Å². The van der Waals surface area contributed by atoms with Crippen molar-refractivity contribution in [1.82, 2.24) is 0 Å². The molecule has 2 N–H and O–H groups in total. The fourth-order valence-corrected chi connectivity index (χ4v) is 2.35. The predicted molar refractivity (Wildman–Crippen MR) is 53.8 cm³/mol. The van der Waals surface area contributed by atoms with Gasteiger partial charge in [-0.15, -0.1) is 0 Å². The van der Waals surface area contributed by atoms with Crippen molar-refractivity contribution >= 4 is 15.9 Å². The van der Waals surface area contributed by atoms with E-state index in [9.17, 15) is 4.39 Å². The number of halogens is 2. The molecule has 1 aliphatic rings. The van der Waals surface area contributed by atoms with Gasteiger partial charge < -0.3 is 5.73 Å². The zero-order valence-electron chi connectivity index (χ0n) is 7.19. The molecule has 0 aromatic heterocycles.